The lowest BCUT2D eigenvalue weighted by Gasteiger charge is -2.33. The molecule has 39 heavy (non-hydrogen) atoms. The summed E-state index contributed by atoms with van der Waals surface area (Å²) in [5, 5.41) is 17.3. The highest BCUT2D eigenvalue weighted by molar-refractivity contribution is 6.30. The van der Waals surface area contributed by atoms with Gasteiger partial charge < -0.3 is 15.3 Å². The SMILES string of the molecule is Cc1c(C(C(=O)NCc2ccc(Cl)cc2)N(CC2CCC(F)(F)C2)C(=O)CCc2ccc(O)cc2)cnn1C. The first-order chi connectivity index (χ1) is 18.5. The number of phenols is 1. The van der Waals surface area contributed by atoms with Gasteiger partial charge in [-0.05, 0) is 61.1 Å². The Balaban J connectivity index is 1.62. The van der Waals surface area contributed by atoms with Crippen molar-refractivity contribution in [2.24, 2.45) is 13.0 Å². The molecular formula is C29H33ClF2N4O3. The van der Waals surface area contributed by atoms with Crippen LogP contribution in [0.15, 0.2) is 54.7 Å². The molecule has 2 aromatic carbocycles. The van der Waals surface area contributed by atoms with Crippen molar-refractivity contribution in [1.82, 2.24) is 20.0 Å². The molecule has 1 aromatic heterocycles. The Bertz CT molecular complexity index is 1290. The number of phenolic OH excluding ortho intramolecular Hbond substituents is 1. The number of benzene rings is 2. The normalized spacial score (nSPS) is 17.1. The molecule has 10 heteroatoms. The minimum atomic E-state index is -2.78. The van der Waals surface area contributed by atoms with E-state index in [0.717, 1.165) is 11.1 Å². The number of aryl methyl sites for hydroxylation is 2. The second-order valence-corrected chi connectivity index (χ2v) is 10.7. The van der Waals surface area contributed by atoms with Crippen molar-refractivity contribution in [3.05, 3.63) is 82.1 Å². The summed E-state index contributed by atoms with van der Waals surface area (Å²) in [6.45, 7) is 2.06. The topological polar surface area (TPSA) is 87.5 Å². The number of hydrogen-bond acceptors (Lipinski definition) is 4. The van der Waals surface area contributed by atoms with Gasteiger partial charge in [0.25, 0.3) is 0 Å². The van der Waals surface area contributed by atoms with Crippen molar-refractivity contribution in [1.29, 1.82) is 0 Å². The first-order valence-electron chi connectivity index (χ1n) is 13.0. The lowest BCUT2D eigenvalue weighted by molar-refractivity contribution is -0.141. The van der Waals surface area contributed by atoms with E-state index in [1.54, 1.807) is 66.5 Å². The summed E-state index contributed by atoms with van der Waals surface area (Å²) >= 11 is 5.98. The van der Waals surface area contributed by atoms with E-state index in [-0.39, 0.29) is 50.4 Å². The molecule has 0 saturated heterocycles. The number of rotatable bonds is 10. The molecule has 2 N–H and O–H groups in total. The number of aromatic hydroxyl groups is 1. The fourth-order valence-corrected chi connectivity index (χ4v) is 5.13. The molecule has 1 fully saturated rings. The number of aromatic nitrogens is 2. The number of nitrogens with one attached hydrogen (secondary N) is 1. The standard InChI is InChI=1S/C29H33ClF2N4O3/c1-19-25(17-34-35(19)2)27(28(39)33-16-21-3-8-23(30)9-4-21)36(18-22-13-14-29(31,32)15-22)26(38)12-7-20-5-10-24(37)11-6-20/h3-6,8-11,17,22,27,37H,7,12-16,18H2,1-2H3,(H,33,39). The van der Waals surface area contributed by atoms with E-state index in [0.29, 0.717) is 22.7 Å². The first kappa shape index (κ1) is 28.5. The molecule has 1 saturated carbocycles. The molecule has 0 aliphatic heterocycles. The van der Waals surface area contributed by atoms with Crippen molar-refractivity contribution in [2.75, 3.05) is 6.54 Å². The smallest absolute Gasteiger partial charge is 0.248 e. The third kappa shape index (κ3) is 7.35. The number of alkyl halides is 2. The molecule has 0 bridgehead atoms. The van der Waals surface area contributed by atoms with Crippen molar-refractivity contribution < 1.29 is 23.5 Å². The molecule has 7 nitrogen and oxygen atoms in total. The summed E-state index contributed by atoms with van der Waals surface area (Å²) in [5.74, 6) is -3.81. The zero-order chi connectivity index (χ0) is 28.2. The Hall–Kier alpha value is -3.46. The minimum absolute atomic E-state index is 0.0391. The number of nitrogens with zero attached hydrogens (tertiary/aromatic N) is 3. The Morgan fingerprint density at radius 2 is 1.85 bits per heavy atom. The van der Waals surface area contributed by atoms with Crippen LogP contribution in [-0.2, 0) is 29.6 Å². The Labute approximate surface area is 231 Å². The largest absolute Gasteiger partial charge is 0.508 e. The molecule has 1 aliphatic carbocycles. The van der Waals surface area contributed by atoms with Gasteiger partial charge in [0.1, 0.15) is 11.8 Å². The van der Waals surface area contributed by atoms with Crippen LogP contribution in [0.25, 0.3) is 0 Å². The molecule has 0 spiro atoms. The number of halogens is 3. The number of amides is 2. The predicted molar refractivity (Wildman–Crippen MR) is 144 cm³/mol. The van der Waals surface area contributed by atoms with Gasteiger partial charge >= 0.3 is 0 Å². The minimum Gasteiger partial charge on any atom is -0.508 e. The van der Waals surface area contributed by atoms with E-state index in [1.807, 2.05) is 6.92 Å². The molecule has 208 valence electrons. The maximum Gasteiger partial charge on any atom is 0.248 e. The first-order valence-corrected chi connectivity index (χ1v) is 13.4. The molecule has 0 radical (unpaired) electrons. The summed E-state index contributed by atoms with van der Waals surface area (Å²) in [6, 6.07) is 12.6. The van der Waals surface area contributed by atoms with Gasteiger partial charge in [-0.1, -0.05) is 35.9 Å². The zero-order valence-corrected chi connectivity index (χ0v) is 22.8. The molecule has 3 aromatic rings. The van der Waals surface area contributed by atoms with E-state index >= 15 is 0 Å². The summed E-state index contributed by atoms with van der Waals surface area (Å²) in [6.07, 6.45) is 1.74. The fourth-order valence-electron chi connectivity index (χ4n) is 5.01. The van der Waals surface area contributed by atoms with Gasteiger partial charge in [-0.25, -0.2) is 8.78 Å². The third-order valence-electron chi connectivity index (χ3n) is 7.35. The number of carbonyl (C=O) groups is 2. The van der Waals surface area contributed by atoms with Gasteiger partial charge in [0.05, 0.1) is 6.20 Å². The van der Waals surface area contributed by atoms with Crippen molar-refractivity contribution in [2.45, 2.75) is 57.5 Å². The second-order valence-electron chi connectivity index (χ2n) is 10.2. The van der Waals surface area contributed by atoms with Crippen LogP contribution < -0.4 is 5.32 Å². The highest BCUT2D eigenvalue weighted by atomic mass is 35.5. The van der Waals surface area contributed by atoms with Gasteiger partial charge in [0.2, 0.25) is 17.7 Å². The second kappa shape index (κ2) is 12.2. The van der Waals surface area contributed by atoms with Crippen LogP contribution in [0.1, 0.15) is 54.1 Å². The molecule has 2 unspecified atom stereocenters. The summed E-state index contributed by atoms with van der Waals surface area (Å²) in [4.78, 5) is 29.0. The monoisotopic (exact) mass is 558 g/mol. The summed E-state index contributed by atoms with van der Waals surface area (Å²) < 4.78 is 29.8. The summed E-state index contributed by atoms with van der Waals surface area (Å²) in [5.41, 5.74) is 2.92. The van der Waals surface area contributed by atoms with Crippen LogP contribution in [0.2, 0.25) is 5.02 Å². The van der Waals surface area contributed by atoms with Gasteiger partial charge in [-0.3, -0.25) is 14.3 Å². The Morgan fingerprint density at radius 1 is 1.18 bits per heavy atom. The van der Waals surface area contributed by atoms with Crippen LogP contribution in [0.4, 0.5) is 8.78 Å². The van der Waals surface area contributed by atoms with Gasteiger partial charge in [-0.15, -0.1) is 0 Å². The van der Waals surface area contributed by atoms with E-state index in [9.17, 15) is 23.5 Å². The van der Waals surface area contributed by atoms with Gasteiger partial charge in [0.15, 0.2) is 0 Å². The summed E-state index contributed by atoms with van der Waals surface area (Å²) in [7, 11) is 1.75. The maximum absolute atomic E-state index is 14.1. The van der Waals surface area contributed by atoms with Crippen LogP contribution in [0.5, 0.6) is 5.75 Å². The van der Waals surface area contributed by atoms with Gasteiger partial charge in [-0.2, -0.15) is 5.10 Å². The quantitative estimate of drug-likeness (QED) is 0.351. The average Bonchev–Trinajstić information content (AvgIpc) is 3.42. The highest BCUT2D eigenvalue weighted by Crippen LogP contribution is 2.40. The third-order valence-corrected chi connectivity index (χ3v) is 7.60. The average molecular weight is 559 g/mol. The molecule has 2 atom stereocenters. The van der Waals surface area contributed by atoms with E-state index < -0.39 is 23.8 Å². The molecule has 4 rings (SSSR count). The van der Waals surface area contributed by atoms with Crippen LogP contribution in [0, 0.1) is 12.8 Å². The number of carbonyl (C=O) groups excluding carboxylic acids is 2. The van der Waals surface area contributed by atoms with E-state index in [2.05, 4.69) is 10.4 Å². The molecular weight excluding hydrogens is 526 g/mol. The van der Waals surface area contributed by atoms with Crippen molar-refractivity contribution in [3.63, 3.8) is 0 Å². The molecule has 1 aliphatic rings. The highest BCUT2D eigenvalue weighted by Gasteiger charge is 2.42. The zero-order valence-electron chi connectivity index (χ0n) is 22.0. The van der Waals surface area contributed by atoms with E-state index in [4.69, 9.17) is 11.6 Å². The lowest BCUT2D eigenvalue weighted by Crippen LogP contribution is -2.45. The predicted octanol–water partition coefficient (Wildman–Crippen LogP) is 5.34. The van der Waals surface area contributed by atoms with Crippen LogP contribution >= 0.6 is 11.6 Å². The number of hydrogen-bond donors (Lipinski definition) is 2. The molecule has 1 heterocycles. The Kier molecular flexibility index (Phi) is 8.90. The van der Waals surface area contributed by atoms with E-state index in [1.165, 1.54) is 4.90 Å². The van der Waals surface area contributed by atoms with Crippen molar-refractivity contribution >= 4 is 23.4 Å². The van der Waals surface area contributed by atoms with Crippen LogP contribution in [-0.4, -0.2) is 44.1 Å². The lowest BCUT2D eigenvalue weighted by atomic mass is 9.99. The fraction of sp³-hybridized carbons (Fsp3) is 0.414. The Morgan fingerprint density at radius 3 is 2.44 bits per heavy atom. The van der Waals surface area contributed by atoms with Crippen molar-refractivity contribution in [3.8, 4) is 5.75 Å². The maximum atomic E-state index is 14.1. The van der Waals surface area contributed by atoms with Crippen LogP contribution in [0.3, 0.4) is 0 Å². The van der Waals surface area contributed by atoms with Gasteiger partial charge in [0, 0.05) is 55.7 Å². The molecule has 2 amide bonds.